The molecule has 1 aromatic carbocycles. The van der Waals surface area contributed by atoms with Crippen molar-refractivity contribution in [1.82, 2.24) is 14.9 Å². The van der Waals surface area contributed by atoms with Crippen molar-refractivity contribution < 1.29 is 4.52 Å². The molecule has 0 amide bonds. The summed E-state index contributed by atoms with van der Waals surface area (Å²) >= 11 is 3.29. The molecule has 0 aliphatic heterocycles. The molecule has 2 aromatic heterocycles. The number of benzene rings is 1. The molecule has 0 saturated heterocycles. The predicted octanol–water partition coefficient (Wildman–Crippen LogP) is 2.78. The minimum atomic E-state index is 0.705. The molecule has 0 fully saturated rings. The van der Waals surface area contributed by atoms with Crippen molar-refractivity contribution in [3.8, 4) is 5.82 Å². The molecule has 74 valence electrons. The molecule has 0 radical (unpaired) electrons. The lowest BCUT2D eigenvalue weighted by Crippen LogP contribution is -1.94. The average Bonchev–Trinajstić information content (AvgIpc) is 2.83. The van der Waals surface area contributed by atoms with Gasteiger partial charge in [-0.1, -0.05) is 17.3 Å². The van der Waals surface area contributed by atoms with Gasteiger partial charge in [0.2, 0.25) is 5.82 Å². The average molecular weight is 264 g/mol. The molecule has 0 aliphatic carbocycles. The van der Waals surface area contributed by atoms with Crippen molar-refractivity contribution in [2.45, 2.75) is 0 Å². The number of nitrogens with zero attached hydrogens (tertiary/aromatic N) is 3. The van der Waals surface area contributed by atoms with E-state index in [1.54, 1.807) is 4.68 Å². The fraction of sp³-hybridized carbons (Fsp3) is 0. The number of hydrogen-bond donors (Lipinski definition) is 0. The zero-order chi connectivity index (χ0) is 10.3. The number of halogens is 1. The van der Waals surface area contributed by atoms with E-state index in [1.807, 2.05) is 36.5 Å². The molecule has 3 aromatic rings. The van der Waals surface area contributed by atoms with Gasteiger partial charge in [0.05, 0.1) is 5.39 Å². The summed E-state index contributed by atoms with van der Waals surface area (Å²) < 4.78 is 7.64. The van der Waals surface area contributed by atoms with E-state index in [9.17, 15) is 0 Å². The first-order chi connectivity index (χ1) is 7.34. The first-order valence-electron chi connectivity index (χ1n) is 4.40. The van der Waals surface area contributed by atoms with Crippen molar-refractivity contribution >= 4 is 26.9 Å². The normalized spacial score (nSPS) is 11.0. The molecular weight excluding hydrogens is 258 g/mol. The lowest BCUT2D eigenvalue weighted by Gasteiger charge is -1.93. The summed E-state index contributed by atoms with van der Waals surface area (Å²) in [6.45, 7) is 0. The highest BCUT2D eigenvalue weighted by Gasteiger charge is 2.09. The summed E-state index contributed by atoms with van der Waals surface area (Å²) in [5, 5.41) is 9.15. The maximum absolute atomic E-state index is 5.19. The highest BCUT2D eigenvalue weighted by atomic mass is 79.9. The quantitative estimate of drug-likeness (QED) is 0.678. The van der Waals surface area contributed by atoms with Gasteiger partial charge in [-0.15, -0.1) is 0 Å². The van der Waals surface area contributed by atoms with Crippen molar-refractivity contribution in [1.29, 1.82) is 0 Å². The Morgan fingerprint density at radius 1 is 1.20 bits per heavy atom. The van der Waals surface area contributed by atoms with Crippen LogP contribution in [0.15, 0.2) is 45.7 Å². The van der Waals surface area contributed by atoms with Crippen LogP contribution in [0.5, 0.6) is 0 Å². The fourth-order valence-electron chi connectivity index (χ4n) is 1.46. The van der Waals surface area contributed by atoms with Crippen molar-refractivity contribution in [3.05, 3.63) is 41.1 Å². The monoisotopic (exact) mass is 263 g/mol. The van der Waals surface area contributed by atoms with E-state index < -0.39 is 0 Å². The number of rotatable bonds is 1. The van der Waals surface area contributed by atoms with E-state index in [0.717, 1.165) is 15.6 Å². The molecule has 2 heterocycles. The van der Waals surface area contributed by atoms with E-state index in [0.29, 0.717) is 5.82 Å². The van der Waals surface area contributed by atoms with Crippen LogP contribution in [-0.2, 0) is 0 Å². The molecule has 15 heavy (non-hydrogen) atoms. The van der Waals surface area contributed by atoms with Gasteiger partial charge in [0, 0.05) is 6.20 Å². The zero-order valence-corrected chi connectivity index (χ0v) is 9.18. The molecule has 0 unspecified atom stereocenters. The molecule has 0 N–H and O–H groups in total. The van der Waals surface area contributed by atoms with Gasteiger partial charge in [0.25, 0.3) is 0 Å². The van der Waals surface area contributed by atoms with Gasteiger partial charge in [0.1, 0.15) is 4.60 Å². The molecule has 0 spiro atoms. The summed E-state index contributed by atoms with van der Waals surface area (Å²) in [5.74, 6) is 0.705. The third-order valence-electron chi connectivity index (χ3n) is 2.13. The van der Waals surface area contributed by atoms with Crippen LogP contribution >= 0.6 is 15.9 Å². The Balaban J connectivity index is 2.27. The smallest absolute Gasteiger partial charge is 0.204 e. The van der Waals surface area contributed by atoms with Crippen LogP contribution in [0.25, 0.3) is 16.8 Å². The van der Waals surface area contributed by atoms with E-state index >= 15 is 0 Å². The predicted molar refractivity (Wildman–Crippen MR) is 58.8 cm³/mol. The van der Waals surface area contributed by atoms with E-state index in [4.69, 9.17) is 4.52 Å². The summed E-state index contributed by atoms with van der Waals surface area (Å²) in [6.07, 6.45) is 1.83. The molecular formula is C10H6BrN3O. The summed E-state index contributed by atoms with van der Waals surface area (Å²) in [5.41, 5.74) is 0.763. The van der Waals surface area contributed by atoms with Crippen LogP contribution in [0.4, 0.5) is 0 Å². The van der Waals surface area contributed by atoms with Crippen LogP contribution in [0.1, 0.15) is 0 Å². The van der Waals surface area contributed by atoms with E-state index in [1.165, 1.54) is 0 Å². The SMILES string of the molecule is Brc1ccn(-c2noc3ccccc23)n1. The molecule has 0 bridgehead atoms. The summed E-state index contributed by atoms with van der Waals surface area (Å²) in [4.78, 5) is 0. The van der Waals surface area contributed by atoms with Gasteiger partial charge in [-0.2, -0.15) is 5.10 Å². The van der Waals surface area contributed by atoms with Crippen LogP contribution < -0.4 is 0 Å². The molecule has 4 nitrogen and oxygen atoms in total. The Bertz CT molecular complexity index is 614. The Morgan fingerprint density at radius 3 is 2.87 bits per heavy atom. The van der Waals surface area contributed by atoms with Gasteiger partial charge >= 0.3 is 0 Å². The standard InChI is InChI=1S/C10H6BrN3O/c11-9-5-6-14(12-9)10-7-3-1-2-4-8(7)15-13-10/h1-6H. The molecule has 3 rings (SSSR count). The van der Waals surface area contributed by atoms with Crippen molar-refractivity contribution in [2.75, 3.05) is 0 Å². The number of hydrogen-bond acceptors (Lipinski definition) is 3. The number of fused-ring (bicyclic) bond motifs is 1. The Morgan fingerprint density at radius 2 is 2.07 bits per heavy atom. The Kier molecular flexibility index (Phi) is 1.85. The fourth-order valence-corrected chi connectivity index (χ4v) is 1.75. The lowest BCUT2D eigenvalue weighted by atomic mass is 10.2. The Hall–Kier alpha value is -1.62. The van der Waals surface area contributed by atoms with E-state index in [2.05, 4.69) is 26.2 Å². The van der Waals surface area contributed by atoms with Gasteiger partial charge in [-0.05, 0) is 34.1 Å². The third kappa shape index (κ3) is 1.35. The first kappa shape index (κ1) is 8.67. The number of para-hydroxylation sites is 1. The van der Waals surface area contributed by atoms with Gasteiger partial charge in [-0.3, -0.25) is 0 Å². The van der Waals surface area contributed by atoms with Crippen molar-refractivity contribution in [3.63, 3.8) is 0 Å². The minimum absolute atomic E-state index is 0.705. The van der Waals surface area contributed by atoms with Gasteiger partial charge in [0.15, 0.2) is 5.58 Å². The number of aromatic nitrogens is 3. The molecule has 0 atom stereocenters. The molecule has 0 aliphatic rings. The summed E-state index contributed by atoms with van der Waals surface area (Å²) in [7, 11) is 0. The first-order valence-corrected chi connectivity index (χ1v) is 5.20. The molecule has 5 heteroatoms. The Labute approximate surface area is 93.6 Å². The van der Waals surface area contributed by atoms with Crippen LogP contribution in [0.3, 0.4) is 0 Å². The van der Waals surface area contributed by atoms with Crippen molar-refractivity contribution in [2.24, 2.45) is 0 Å². The van der Waals surface area contributed by atoms with Gasteiger partial charge < -0.3 is 4.52 Å². The highest BCUT2D eigenvalue weighted by molar-refractivity contribution is 9.10. The van der Waals surface area contributed by atoms with Gasteiger partial charge in [-0.25, -0.2) is 4.68 Å². The maximum Gasteiger partial charge on any atom is 0.204 e. The second kappa shape index (κ2) is 3.20. The summed E-state index contributed by atoms with van der Waals surface area (Å²) in [6, 6.07) is 9.54. The highest BCUT2D eigenvalue weighted by Crippen LogP contribution is 2.21. The largest absolute Gasteiger partial charge is 0.354 e. The maximum atomic E-state index is 5.19. The topological polar surface area (TPSA) is 43.9 Å². The second-order valence-electron chi connectivity index (χ2n) is 3.09. The third-order valence-corrected chi connectivity index (χ3v) is 2.55. The lowest BCUT2D eigenvalue weighted by molar-refractivity contribution is 0.449. The van der Waals surface area contributed by atoms with Crippen LogP contribution in [0.2, 0.25) is 0 Å². The van der Waals surface area contributed by atoms with E-state index in [-0.39, 0.29) is 0 Å². The second-order valence-corrected chi connectivity index (χ2v) is 3.90. The van der Waals surface area contributed by atoms with Crippen LogP contribution in [-0.4, -0.2) is 14.9 Å². The minimum Gasteiger partial charge on any atom is -0.354 e. The molecule has 0 saturated carbocycles. The van der Waals surface area contributed by atoms with Crippen LogP contribution in [0, 0.1) is 0 Å². The zero-order valence-electron chi connectivity index (χ0n) is 7.59.